The number of amides is 1. The van der Waals surface area contributed by atoms with Crippen LogP contribution in [-0.2, 0) is 9.84 Å². The molecule has 22 heavy (non-hydrogen) atoms. The van der Waals surface area contributed by atoms with E-state index in [1.54, 1.807) is 0 Å². The number of anilines is 1. The highest BCUT2D eigenvalue weighted by molar-refractivity contribution is 7.90. The van der Waals surface area contributed by atoms with Crippen LogP contribution in [0.5, 0.6) is 0 Å². The first-order valence-electron chi connectivity index (χ1n) is 5.94. The molecular formula is C14H10Cl2FNO3S. The predicted molar refractivity (Wildman–Crippen MR) is 83.9 cm³/mol. The molecule has 0 aliphatic rings. The Kier molecular flexibility index (Phi) is 4.75. The zero-order valence-corrected chi connectivity index (χ0v) is 13.6. The van der Waals surface area contributed by atoms with Gasteiger partial charge in [0.25, 0.3) is 5.91 Å². The number of hydrogen-bond acceptors (Lipinski definition) is 3. The van der Waals surface area contributed by atoms with Gasteiger partial charge in [0.2, 0.25) is 0 Å². The molecule has 0 spiro atoms. The van der Waals surface area contributed by atoms with Gasteiger partial charge < -0.3 is 5.32 Å². The summed E-state index contributed by atoms with van der Waals surface area (Å²) in [7, 11) is -3.56. The first-order chi connectivity index (χ1) is 10.2. The first kappa shape index (κ1) is 16.7. The number of halogens is 3. The predicted octanol–water partition coefficient (Wildman–Crippen LogP) is 3.79. The third kappa shape index (κ3) is 3.76. The van der Waals surface area contributed by atoms with Crippen molar-refractivity contribution < 1.29 is 17.6 Å². The molecule has 0 radical (unpaired) electrons. The quantitative estimate of drug-likeness (QED) is 0.904. The van der Waals surface area contributed by atoms with Gasteiger partial charge >= 0.3 is 0 Å². The lowest BCUT2D eigenvalue weighted by atomic mass is 10.2. The van der Waals surface area contributed by atoms with Crippen molar-refractivity contribution in [3.05, 3.63) is 57.8 Å². The third-order valence-electron chi connectivity index (χ3n) is 2.77. The second-order valence-electron chi connectivity index (χ2n) is 4.50. The molecule has 2 aromatic carbocycles. The maximum Gasteiger partial charge on any atom is 0.255 e. The van der Waals surface area contributed by atoms with Gasteiger partial charge in [0, 0.05) is 17.5 Å². The van der Waals surface area contributed by atoms with Crippen molar-refractivity contribution in [3.8, 4) is 0 Å². The van der Waals surface area contributed by atoms with E-state index < -0.39 is 21.6 Å². The molecule has 0 aromatic heterocycles. The Hall–Kier alpha value is -1.63. The number of rotatable bonds is 3. The zero-order chi connectivity index (χ0) is 16.5. The molecule has 1 N–H and O–H groups in total. The average Bonchev–Trinajstić information content (AvgIpc) is 2.42. The number of carbonyl (C=O) groups is 1. The number of carbonyl (C=O) groups excluding carboxylic acids is 1. The molecule has 0 aliphatic carbocycles. The third-order valence-corrected chi connectivity index (χ3v) is 4.66. The van der Waals surface area contributed by atoms with Crippen LogP contribution in [0.1, 0.15) is 10.4 Å². The Bertz CT molecular complexity index is 853. The van der Waals surface area contributed by atoms with Gasteiger partial charge in [0.05, 0.1) is 14.9 Å². The van der Waals surface area contributed by atoms with Crippen LogP contribution in [-0.4, -0.2) is 20.6 Å². The fourth-order valence-corrected chi connectivity index (χ4v) is 3.12. The molecule has 0 atom stereocenters. The molecule has 0 aliphatic heterocycles. The van der Waals surface area contributed by atoms with Crippen molar-refractivity contribution in [3.63, 3.8) is 0 Å². The summed E-state index contributed by atoms with van der Waals surface area (Å²) in [6.07, 6.45) is 0.991. The summed E-state index contributed by atoms with van der Waals surface area (Å²) >= 11 is 11.4. The van der Waals surface area contributed by atoms with Crippen molar-refractivity contribution >= 4 is 44.6 Å². The highest BCUT2D eigenvalue weighted by Crippen LogP contribution is 2.24. The minimum Gasteiger partial charge on any atom is -0.322 e. The average molecular weight is 362 g/mol. The van der Waals surface area contributed by atoms with Crippen molar-refractivity contribution in [1.29, 1.82) is 0 Å². The van der Waals surface area contributed by atoms with E-state index in [0.717, 1.165) is 12.3 Å². The second-order valence-corrected chi connectivity index (χ2v) is 7.30. The second kappa shape index (κ2) is 6.24. The van der Waals surface area contributed by atoms with Gasteiger partial charge in [-0.25, -0.2) is 12.8 Å². The lowest BCUT2D eigenvalue weighted by Gasteiger charge is -2.08. The van der Waals surface area contributed by atoms with Crippen LogP contribution in [0, 0.1) is 5.82 Å². The van der Waals surface area contributed by atoms with Gasteiger partial charge in [-0.1, -0.05) is 23.2 Å². The highest BCUT2D eigenvalue weighted by Gasteiger charge is 2.16. The van der Waals surface area contributed by atoms with Crippen molar-refractivity contribution in [2.75, 3.05) is 11.6 Å². The molecule has 0 saturated heterocycles. The molecule has 0 saturated carbocycles. The summed E-state index contributed by atoms with van der Waals surface area (Å²) in [5, 5.41) is 2.41. The molecule has 0 unspecified atom stereocenters. The molecule has 0 fully saturated rings. The van der Waals surface area contributed by atoms with E-state index in [2.05, 4.69) is 5.32 Å². The van der Waals surface area contributed by atoms with Crippen molar-refractivity contribution in [1.82, 2.24) is 0 Å². The molecular weight excluding hydrogens is 352 g/mol. The maximum atomic E-state index is 13.3. The largest absolute Gasteiger partial charge is 0.322 e. The van der Waals surface area contributed by atoms with Gasteiger partial charge in [-0.15, -0.1) is 0 Å². The maximum absolute atomic E-state index is 13.3. The van der Waals surface area contributed by atoms with Crippen LogP contribution in [0.15, 0.2) is 41.3 Å². The molecule has 116 valence electrons. The summed E-state index contributed by atoms with van der Waals surface area (Å²) in [4.78, 5) is 11.9. The minimum atomic E-state index is -3.56. The van der Waals surface area contributed by atoms with E-state index in [1.165, 1.54) is 30.3 Å². The van der Waals surface area contributed by atoms with E-state index in [-0.39, 0.29) is 26.2 Å². The SMILES string of the molecule is CS(=O)(=O)c1cc(C(=O)Nc2ccc(Cl)c(F)c2)ccc1Cl. The van der Waals surface area contributed by atoms with Crippen LogP contribution in [0.25, 0.3) is 0 Å². The molecule has 8 heteroatoms. The van der Waals surface area contributed by atoms with Crippen LogP contribution in [0.4, 0.5) is 10.1 Å². The number of hydrogen-bond donors (Lipinski definition) is 1. The summed E-state index contributed by atoms with van der Waals surface area (Å²) in [6, 6.07) is 7.65. The number of sulfone groups is 1. The minimum absolute atomic E-state index is 0.0246. The van der Waals surface area contributed by atoms with Crippen LogP contribution in [0.3, 0.4) is 0 Å². The standard InChI is InChI=1S/C14H10Cl2FNO3S/c1-22(20,21)13-6-8(2-4-11(13)16)14(19)18-9-3-5-10(15)12(17)7-9/h2-7H,1H3,(H,18,19). The Morgan fingerprint density at radius 2 is 1.73 bits per heavy atom. The van der Waals surface area contributed by atoms with E-state index in [9.17, 15) is 17.6 Å². The molecule has 2 rings (SSSR count). The van der Waals surface area contributed by atoms with E-state index >= 15 is 0 Å². The van der Waals surface area contributed by atoms with Gasteiger partial charge in [-0.3, -0.25) is 4.79 Å². The summed E-state index contributed by atoms with van der Waals surface area (Å²) < 4.78 is 36.5. The molecule has 0 heterocycles. The zero-order valence-electron chi connectivity index (χ0n) is 11.2. The molecule has 2 aromatic rings. The lowest BCUT2D eigenvalue weighted by Crippen LogP contribution is -2.13. The van der Waals surface area contributed by atoms with Crippen LogP contribution >= 0.6 is 23.2 Å². The normalized spacial score (nSPS) is 11.3. The Balaban J connectivity index is 2.32. The topological polar surface area (TPSA) is 63.2 Å². The Morgan fingerprint density at radius 3 is 2.32 bits per heavy atom. The number of nitrogens with one attached hydrogen (secondary N) is 1. The lowest BCUT2D eigenvalue weighted by molar-refractivity contribution is 0.102. The molecule has 1 amide bonds. The van der Waals surface area contributed by atoms with Gasteiger partial charge in [-0.2, -0.15) is 0 Å². The van der Waals surface area contributed by atoms with E-state index in [4.69, 9.17) is 23.2 Å². The van der Waals surface area contributed by atoms with Gasteiger partial charge in [0.1, 0.15) is 5.82 Å². The molecule has 4 nitrogen and oxygen atoms in total. The summed E-state index contributed by atoms with van der Waals surface area (Å²) in [5.41, 5.74) is 0.280. The molecule has 0 bridgehead atoms. The van der Waals surface area contributed by atoms with Crippen LogP contribution < -0.4 is 5.32 Å². The summed E-state index contributed by atoms with van der Waals surface area (Å²) in [5.74, 6) is -1.27. The highest BCUT2D eigenvalue weighted by atomic mass is 35.5. The fourth-order valence-electron chi connectivity index (χ4n) is 1.71. The first-order valence-corrected chi connectivity index (χ1v) is 8.59. The smallest absolute Gasteiger partial charge is 0.255 e. The van der Waals surface area contributed by atoms with Gasteiger partial charge in [-0.05, 0) is 36.4 Å². The number of benzene rings is 2. The van der Waals surface area contributed by atoms with Crippen molar-refractivity contribution in [2.45, 2.75) is 4.90 Å². The monoisotopic (exact) mass is 361 g/mol. The Labute approximate surface area is 136 Å². The van der Waals surface area contributed by atoms with E-state index in [0.29, 0.717) is 0 Å². The van der Waals surface area contributed by atoms with Crippen molar-refractivity contribution in [2.24, 2.45) is 0 Å². The van der Waals surface area contributed by atoms with E-state index in [1.807, 2.05) is 0 Å². The Morgan fingerprint density at radius 1 is 1.09 bits per heavy atom. The van der Waals surface area contributed by atoms with Crippen LogP contribution in [0.2, 0.25) is 10.0 Å². The summed E-state index contributed by atoms with van der Waals surface area (Å²) in [6.45, 7) is 0. The fraction of sp³-hybridized carbons (Fsp3) is 0.0714. The van der Waals surface area contributed by atoms with Gasteiger partial charge in [0.15, 0.2) is 9.84 Å².